The molecule has 0 spiro atoms. The monoisotopic (exact) mass is 540 g/mol. The van der Waals surface area contributed by atoms with E-state index in [1.807, 2.05) is 13.0 Å². The molecule has 1 aromatic carbocycles. The quantitative estimate of drug-likeness (QED) is 0.266. The van der Waals surface area contributed by atoms with Gasteiger partial charge in [-0.15, -0.1) is 0 Å². The Bertz CT molecular complexity index is 1540. The summed E-state index contributed by atoms with van der Waals surface area (Å²) >= 11 is 0. The van der Waals surface area contributed by atoms with E-state index in [1.54, 1.807) is 25.3 Å². The average molecular weight is 541 g/mol. The predicted octanol–water partition coefficient (Wildman–Crippen LogP) is 6.37. The highest BCUT2D eigenvalue weighted by Gasteiger charge is 2.30. The normalized spacial score (nSPS) is 17.9. The van der Waals surface area contributed by atoms with Crippen molar-refractivity contribution in [2.45, 2.75) is 64.1 Å². The van der Waals surface area contributed by atoms with E-state index in [-0.39, 0.29) is 41.2 Å². The number of halogens is 4. The van der Waals surface area contributed by atoms with Crippen molar-refractivity contribution in [1.82, 2.24) is 19.5 Å². The van der Waals surface area contributed by atoms with Gasteiger partial charge in [-0.2, -0.15) is 13.2 Å². The second-order valence-electron chi connectivity index (χ2n) is 10.1. The third-order valence-corrected chi connectivity index (χ3v) is 7.34. The lowest BCUT2D eigenvalue weighted by Gasteiger charge is -2.30. The molecule has 0 amide bonds. The largest absolute Gasteiger partial charge is 0.482 e. The molecule has 0 N–H and O–H groups in total. The molecule has 0 radical (unpaired) electrons. The summed E-state index contributed by atoms with van der Waals surface area (Å²) < 4.78 is 59.5. The highest BCUT2D eigenvalue weighted by atomic mass is 19.4. The summed E-state index contributed by atoms with van der Waals surface area (Å²) in [5.41, 5.74) is 3.56. The molecular formula is C29H28F4N4O2. The van der Waals surface area contributed by atoms with E-state index in [0.29, 0.717) is 35.3 Å². The first-order chi connectivity index (χ1) is 18.6. The molecule has 0 aliphatic heterocycles. The Balaban J connectivity index is 1.49. The van der Waals surface area contributed by atoms with Crippen LogP contribution in [0.3, 0.4) is 0 Å². The highest BCUT2D eigenvalue weighted by Crippen LogP contribution is 2.41. The lowest BCUT2D eigenvalue weighted by atomic mass is 9.75. The molecule has 1 fully saturated rings. The van der Waals surface area contributed by atoms with Gasteiger partial charge in [0.15, 0.2) is 12.3 Å². The van der Waals surface area contributed by atoms with Gasteiger partial charge in [-0.1, -0.05) is 12.1 Å². The molecule has 3 aromatic heterocycles. The Morgan fingerprint density at radius 2 is 1.77 bits per heavy atom. The predicted molar refractivity (Wildman–Crippen MR) is 139 cm³/mol. The maximum absolute atomic E-state index is 14.6. The summed E-state index contributed by atoms with van der Waals surface area (Å²) in [6.07, 6.45) is 1.40. The minimum absolute atomic E-state index is 0.0540. The van der Waals surface area contributed by atoms with Crippen LogP contribution >= 0.6 is 0 Å². The van der Waals surface area contributed by atoms with Gasteiger partial charge in [-0.3, -0.25) is 19.3 Å². The number of fused-ring (bicyclic) bond motifs is 1. The number of alkyl halides is 3. The first kappa shape index (κ1) is 26.8. The maximum atomic E-state index is 14.6. The topological polar surface area (TPSA) is 69.9 Å². The summed E-state index contributed by atoms with van der Waals surface area (Å²) in [6, 6.07) is 9.75. The minimum atomic E-state index is -4.51. The Kier molecular flexibility index (Phi) is 7.38. The lowest BCUT2D eigenvalue weighted by molar-refractivity contribution is -0.153. The van der Waals surface area contributed by atoms with Crippen molar-refractivity contribution in [1.29, 1.82) is 0 Å². The molecule has 3 heterocycles. The van der Waals surface area contributed by atoms with Crippen molar-refractivity contribution in [3.8, 4) is 5.75 Å². The first-order valence-corrected chi connectivity index (χ1v) is 12.9. The molecule has 1 aliphatic carbocycles. The van der Waals surface area contributed by atoms with E-state index < -0.39 is 12.8 Å². The average Bonchev–Trinajstić information content (AvgIpc) is 2.89. The maximum Gasteiger partial charge on any atom is 0.422 e. The van der Waals surface area contributed by atoms with Crippen LogP contribution in [-0.4, -0.2) is 32.3 Å². The Hall–Kier alpha value is -3.82. The summed E-state index contributed by atoms with van der Waals surface area (Å²) in [5.74, 6) is -0.239. The number of ether oxygens (including phenoxy) is 1. The van der Waals surface area contributed by atoms with Crippen LogP contribution < -0.4 is 10.3 Å². The van der Waals surface area contributed by atoms with Crippen molar-refractivity contribution in [2.75, 3.05) is 6.61 Å². The zero-order chi connectivity index (χ0) is 27.7. The minimum Gasteiger partial charge on any atom is -0.482 e. The number of pyridine rings is 2. The number of aromatic nitrogens is 4. The van der Waals surface area contributed by atoms with Gasteiger partial charge >= 0.3 is 6.18 Å². The van der Waals surface area contributed by atoms with Crippen LogP contribution in [0.15, 0.2) is 53.6 Å². The van der Waals surface area contributed by atoms with Gasteiger partial charge in [-0.05, 0) is 86.8 Å². The molecule has 204 valence electrons. The van der Waals surface area contributed by atoms with E-state index in [0.717, 1.165) is 24.0 Å². The molecule has 5 rings (SSSR count). The third kappa shape index (κ3) is 5.79. The van der Waals surface area contributed by atoms with Crippen LogP contribution in [-0.2, 0) is 6.54 Å². The molecule has 1 aliphatic rings. The molecule has 0 unspecified atom stereocenters. The van der Waals surface area contributed by atoms with Gasteiger partial charge in [0.2, 0.25) is 0 Å². The van der Waals surface area contributed by atoms with Crippen molar-refractivity contribution in [3.63, 3.8) is 0 Å². The number of hydrogen-bond donors (Lipinski definition) is 0. The van der Waals surface area contributed by atoms with Gasteiger partial charge in [0.25, 0.3) is 5.56 Å². The molecule has 0 bridgehead atoms. The number of rotatable bonds is 6. The van der Waals surface area contributed by atoms with Crippen LogP contribution in [0, 0.1) is 19.7 Å². The summed E-state index contributed by atoms with van der Waals surface area (Å²) in [7, 11) is 0. The van der Waals surface area contributed by atoms with E-state index in [1.165, 1.54) is 29.0 Å². The SMILES string of the molecule is Cc1cnc2cc(C3CCC(c4c(C)cccc4F)CC3)c(=O)n(Cc3ncccc3OCC(F)(F)F)c2n1. The zero-order valence-corrected chi connectivity index (χ0v) is 21.6. The van der Waals surface area contributed by atoms with Gasteiger partial charge < -0.3 is 4.74 Å². The van der Waals surface area contributed by atoms with Crippen molar-refractivity contribution >= 4 is 11.2 Å². The fourth-order valence-corrected chi connectivity index (χ4v) is 5.51. The number of nitrogens with zero attached hydrogens (tertiary/aromatic N) is 4. The van der Waals surface area contributed by atoms with Crippen LogP contribution in [0.1, 0.15) is 65.6 Å². The number of benzene rings is 1. The van der Waals surface area contributed by atoms with E-state index in [2.05, 4.69) is 15.0 Å². The van der Waals surface area contributed by atoms with Crippen LogP contribution in [0.4, 0.5) is 17.6 Å². The lowest BCUT2D eigenvalue weighted by Crippen LogP contribution is -2.29. The van der Waals surface area contributed by atoms with Gasteiger partial charge in [0.1, 0.15) is 22.8 Å². The summed E-state index contributed by atoms with van der Waals surface area (Å²) in [5, 5.41) is 0. The molecule has 0 atom stereocenters. The van der Waals surface area contributed by atoms with Crippen LogP contribution in [0.2, 0.25) is 0 Å². The molecule has 0 saturated heterocycles. The molecule has 1 saturated carbocycles. The van der Waals surface area contributed by atoms with E-state index in [4.69, 9.17) is 4.74 Å². The van der Waals surface area contributed by atoms with Crippen LogP contribution in [0.25, 0.3) is 11.2 Å². The smallest absolute Gasteiger partial charge is 0.422 e. The Morgan fingerprint density at radius 3 is 2.49 bits per heavy atom. The van der Waals surface area contributed by atoms with Crippen molar-refractivity contribution < 1.29 is 22.3 Å². The number of aryl methyl sites for hydroxylation is 2. The second kappa shape index (κ2) is 10.7. The molecule has 39 heavy (non-hydrogen) atoms. The van der Waals surface area contributed by atoms with E-state index >= 15 is 0 Å². The standard InChI is InChI=1S/C29H28F4N4O2/c1-17-5-3-6-22(30)26(17)20-10-8-19(9-11-20)21-13-23-27(36-18(2)14-35-23)37(28(21)38)15-24-25(7-4-12-34-24)39-16-29(31,32)33/h3-7,12-14,19-20H,8-11,15-16H2,1-2H3. The fraction of sp³-hybridized carbons (Fsp3) is 0.379. The molecular weight excluding hydrogens is 512 g/mol. The molecule has 4 aromatic rings. The zero-order valence-electron chi connectivity index (χ0n) is 21.6. The Labute approximate surface area is 222 Å². The van der Waals surface area contributed by atoms with Gasteiger partial charge in [0.05, 0.1) is 12.2 Å². The second-order valence-corrected chi connectivity index (χ2v) is 10.1. The molecule has 10 heteroatoms. The Morgan fingerprint density at radius 1 is 1.03 bits per heavy atom. The third-order valence-electron chi connectivity index (χ3n) is 7.34. The van der Waals surface area contributed by atoms with E-state index in [9.17, 15) is 22.4 Å². The fourth-order valence-electron chi connectivity index (χ4n) is 5.51. The van der Waals surface area contributed by atoms with Gasteiger partial charge in [0, 0.05) is 18.0 Å². The van der Waals surface area contributed by atoms with Crippen LogP contribution in [0.5, 0.6) is 5.75 Å². The van der Waals surface area contributed by atoms with Crippen molar-refractivity contribution in [3.05, 3.63) is 93.0 Å². The first-order valence-electron chi connectivity index (χ1n) is 12.9. The summed E-state index contributed by atoms with van der Waals surface area (Å²) in [6.45, 7) is 2.07. The highest BCUT2D eigenvalue weighted by molar-refractivity contribution is 5.71. The molecule has 6 nitrogen and oxygen atoms in total. The van der Waals surface area contributed by atoms with Crippen molar-refractivity contribution in [2.24, 2.45) is 0 Å². The summed E-state index contributed by atoms with van der Waals surface area (Å²) in [4.78, 5) is 27.1. The van der Waals surface area contributed by atoms with Gasteiger partial charge in [-0.25, -0.2) is 9.37 Å². The number of hydrogen-bond acceptors (Lipinski definition) is 5.